The van der Waals surface area contributed by atoms with Gasteiger partial charge in [-0.3, -0.25) is 4.90 Å². The van der Waals surface area contributed by atoms with Crippen molar-refractivity contribution >= 4 is 15.9 Å². The van der Waals surface area contributed by atoms with Gasteiger partial charge in [-0.1, -0.05) is 35.0 Å². The van der Waals surface area contributed by atoms with Crippen LogP contribution in [0.15, 0.2) is 28.7 Å². The Hall–Kier alpha value is -0.590. The standard InChI is InChI=1S/C14H20BrF3N2/c1-2-8-20(10-14(16,17)18)9-7-13(19)11-3-5-12(15)6-4-11/h3-6,13H,2,7-10,19H2,1H3. The highest BCUT2D eigenvalue weighted by molar-refractivity contribution is 9.10. The molecule has 0 aliphatic rings. The van der Waals surface area contributed by atoms with E-state index >= 15 is 0 Å². The molecular formula is C14H20BrF3N2. The summed E-state index contributed by atoms with van der Waals surface area (Å²) in [5.41, 5.74) is 6.97. The van der Waals surface area contributed by atoms with Crippen LogP contribution in [-0.2, 0) is 0 Å². The van der Waals surface area contributed by atoms with Crippen molar-refractivity contribution in [2.75, 3.05) is 19.6 Å². The third kappa shape index (κ3) is 6.72. The van der Waals surface area contributed by atoms with Crippen molar-refractivity contribution in [2.24, 2.45) is 5.73 Å². The molecular weight excluding hydrogens is 333 g/mol. The predicted molar refractivity (Wildman–Crippen MR) is 78.5 cm³/mol. The van der Waals surface area contributed by atoms with Crippen LogP contribution in [0.1, 0.15) is 31.4 Å². The number of benzene rings is 1. The Bertz CT molecular complexity index is 392. The average molecular weight is 353 g/mol. The van der Waals surface area contributed by atoms with E-state index < -0.39 is 12.7 Å². The molecule has 0 aromatic heterocycles. The molecule has 1 atom stereocenters. The van der Waals surface area contributed by atoms with E-state index in [4.69, 9.17) is 5.73 Å². The van der Waals surface area contributed by atoms with Crippen LogP contribution < -0.4 is 5.73 Å². The van der Waals surface area contributed by atoms with Gasteiger partial charge in [-0.25, -0.2) is 0 Å². The van der Waals surface area contributed by atoms with Crippen LogP contribution >= 0.6 is 15.9 Å². The van der Waals surface area contributed by atoms with Gasteiger partial charge < -0.3 is 5.73 Å². The fourth-order valence-corrected chi connectivity index (χ4v) is 2.30. The zero-order chi connectivity index (χ0) is 15.2. The maximum Gasteiger partial charge on any atom is 0.401 e. The van der Waals surface area contributed by atoms with Gasteiger partial charge in [0.1, 0.15) is 0 Å². The SMILES string of the molecule is CCCN(CCC(N)c1ccc(Br)cc1)CC(F)(F)F. The van der Waals surface area contributed by atoms with Crippen molar-refractivity contribution in [3.63, 3.8) is 0 Å². The summed E-state index contributed by atoms with van der Waals surface area (Å²) in [6.07, 6.45) is -2.95. The summed E-state index contributed by atoms with van der Waals surface area (Å²) >= 11 is 3.34. The summed E-state index contributed by atoms with van der Waals surface area (Å²) in [6.45, 7) is 1.79. The van der Waals surface area contributed by atoms with Gasteiger partial charge in [0.2, 0.25) is 0 Å². The highest BCUT2D eigenvalue weighted by atomic mass is 79.9. The molecule has 2 N–H and O–H groups in total. The molecule has 0 bridgehead atoms. The summed E-state index contributed by atoms with van der Waals surface area (Å²) in [7, 11) is 0. The van der Waals surface area contributed by atoms with Crippen LogP contribution in [0.3, 0.4) is 0 Å². The molecule has 1 aromatic carbocycles. The Morgan fingerprint density at radius 3 is 2.30 bits per heavy atom. The number of halogens is 4. The predicted octanol–water partition coefficient (Wildman–Crippen LogP) is 4.11. The van der Waals surface area contributed by atoms with Crippen molar-refractivity contribution in [3.05, 3.63) is 34.3 Å². The van der Waals surface area contributed by atoms with Crippen LogP contribution in [0.4, 0.5) is 13.2 Å². The Labute approximate surface area is 126 Å². The van der Waals surface area contributed by atoms with E-state index in [1.807, 2.05) is 31.2 Å². The van der Waals surface area contributed by atoms with Gasteiger partial charge in [0.25, 0.3) is 0 Å². The van der Waals surface area contributed by atoms with E-state index in [2.05, 4.69) is 15.9 Å². The Balaban J connectivity index is 2.51. The van der Waals surface area contributed by atoms with Crippen LogP contribution in [0.2, 0.25) is 0 Å². The lowest BCUT2D eigenvalue weighted by Gasteiger charge is -2.24. The topological polar surface area (TPSA) is 29.3 Å². The summed E-state index contributed by atoms with van der Waals surface area (Å²) in [6, 6.07) is 7.31. The molecule has 0 aliphatic heterocycles. The van der Waals surface area contributed by atoms with Gasteiger partial charge >= 0.3 is 6.18 Å². The first-order chi connectivity index (χ1) is 9.31. The summed E-state index contributed by atoms with van der Waals surface area (Å²) in [5.74, 6) is 0. The van der Waals surface area contributed by atoms with Crippen molar-refractivity contribution in [1.82, 2.24) is 4.90 Å². The lowest BCUT2D eigenvalue weighted by atomic mass is 10.0. The Morgan fingerprint density at radius 1 is 1.20 bits per heavy atom. The van der Waals surface area contributed by atoms with Gasteiger partial charge in [0, 0.05) is 17.1 Å². The second kappa shape index (κ2) is 8.00. The van der Waals surface area contributed by atoms with Crippen LogP contribution in [0.5, 0.6) is 0 Å². The Morgan fingerprint density at radius 2 is 1.80 bits per heavy atom. The average Bonchev–Trinajstić information content (AvgIpc) is 2.35. The highest BCUT2D eigenvalue weighted by Gasteiger charge is 2.30. The molecule has 0 radical (unpaired) electrons. The molecule has 1 rings (SSSR count). The van der Waals surface area contributed by atoms with Gasteiger partial charge in [0.15, 0.2) is 0 Å². The molecule has 114 valence electrons. The second-order valence-electron chi connectivity index (χ2n) is 4.84. The van der Waals surface area contributed by atoms with Gasteiger partial charge in [-0.05, 0) is 37.1 Å². The largest absolute Gasteiger partial charge is 0.401 e. The van der Waals surface area contributed by atoms with Crippen molar-refractivity contribution in [2.45, 2.75) is 32.0 Å². The molecule has 1 unspecified atom stereocenters. The van der Waals surface area contributed by atoms with Gasteiger partial charge in [0.05, 0.1) is 6.54 Å². The molecule has 20 heavy (non-hydrogen) atoms. The second-order valence-corrected chi connectivity index (χ2v) is 5.75. The minimum atomic E-state index is -4.16. The van der Waals surface area contributed by atoms with Crippen molar-refractivity contribution < 1.29 is 13.2 Å². The third-order valence-corrected chi connectivity index (χ3v) is 3.53. The number of hydrogen-bond acceptors (Lipinski definition) is 2. The fraction of sp³-hybridized carbons (Fsp3) is 0.571. The monoisotopic (exact) mass is 352 g/mol. The first kappa shape index (κ1) is 17.5. The maximum absolute atomic E-state index is 12.4. The molecule has 1 aromatic rings. The molecule has 0 heterocycles. The first-order valence-electron chi connectivity index (χ1n) is 6.62. The van der Waals surface area contributed by atoms with Crippen LogP contribution in [-0.4, -0.2) is 30.7 Å². The summed E-state index contributed by atoms with van der Waals surface area (Å²) in [4.78, 5) is 1.42. The number of nitrogens with two attached hydrogens (primary N) is 1. The zero-order valence-corrected chi connectivity index (χ0v) is 13.0. The molecule has 0 aliphatic carbocycles. The number of alkyl halides is 3. The van der Waals surface area contributed by atoms with Crippen LogP contribution in [0, 0.1) is 0 Å². The molecule has 2 nitrogen and oxygen atoms in total. The first-order valence-corrected chi connectivity index (χ1v) is 7.41. The number of rotatable bonds is 7. The lowest BCUT2D eigenvalue weighted by molar-refractivity contribution is -0.146. The van der Waals surface area contributed by atoms with Gasteiger partial charge in [-0.2, -0.15) is 13.2 Å². The molecule has 0 saturated heterocycles. The van der Waals surface area contributed by atoms with E-state index in [0.29, 0.717) is 25.9 Å². The summed E-state index contributed by atoms with van der Waals surface area (Å²) in [5, 5.41) is 0. The maximum atomic E-state index is 12.4. The quantitative estimate of drug-likeness (QED) is 0.799. The number of hydrogen-bond donors (Lipinski definition) is 1. The highest BCUT2D eigenvalue weighted by Crippen LogP contribution is 2.20. The Kier molecular flexibility index (Phi) is 6.99. The molecule has 0 spiro atoms. The molecule has 0 fully saturated rings. The molecule has 0 amide bonds. The normalized spacial score (nSPS) is 13.8. The smallest absolute Gasteiger partial charge is 0.324 e. The van der Waals surface area contributed by atoms with E-state index in [1.165, 1.54) is 4.90 Å². The molecule has 6 heteroatoms. The van der Waals surface area contributed by atoms with E-state index in [1.54, 1.807) is 0 Å². The fourth-order valence-electron chi connectivity index (χ4n) is 2.04. The molecule has 0 saturated carbocycles. The third-order valence-electron chi connectivity index (χ3n) is 3.00. The van der Waals surface area contributed by atoms with E-state index in [-0.39, 0.29) is 6.04 Å². The number of nitrogens with zero attached hydrogens (tertiary/aromatic N) is 1. The zero-order valence-electron chi connectivity index (χ0n) is 11.5. The minimum absolute atomic E-state index is 0.240. The van der Waals surface area contributed by atoms with E-state index in [0.717, 1.165) is 10.0 Å². The van der Waals surface area contributed by atoms with Gasteiger partial charge in [-0.15, -0.1) is 0 Å². The lowest BCUT2D eigenvalue weighted by Crippen LogP contribution is -2.36. The van der Waals surface area contributed by atoms with Crippen molar-refractivity contribution in [1.29, 1.82) is 0 Å². The van der Waals surface area contributed by atoms with Crippen LogP contribution in [0.25, 0.3) is 0 Å². The van der Waals surface area contributed by atoms with Crippen molar-refractivity contribution in [3.8, 4) is 0 Å². The minimum Gasteiger partial charge on any atom is -0.324 e. The van der Waals surface area contributed by atoms with E-state index in [9.17, 15) is 13.2 Å². The summed E-state index contributed by atoms with van der Waals surface area (Å²) < 4.78 is 38.3.